The Kier molecular flexibility index (Phi) is 4.36. The Hall–Kier alpha value is -2.87. The van der Waals surface area contributed by atoms with Gasteiger partial charge in [-0.3, -0.25) is 14.6 Å². The molecule has 0 spiro atoms. The van der Waals surface area contributed by atoms with Gasteiger partial charge in [-0.25, -0.2) is 8.78 Å². The number of amides is 2. The molecule has 3 aromatic rings. The molecule has 154 valence electrons. The number of carbonyl (C=O) groups is 2. The van der Waals surface area contributed by atoms with Gasteiger partial charge in [-0.2, -0.15) is 0 Å². The topological polar surface area (TPSA) is 53.5 Å². The minimum Gasteiger partial charge on any atom is -0.338 e. The summed E-state index contributed by atoms with van der Waals surface area (Å²) >= 11 is 1.53. The summed E-state index contributed by atoms with van der Waals surface area (Å²) in [5, 5.41) is 3.02. The van der Waals surface area contributed by atoms with E-state index in [1.165, 1.54) is 16.2 Å². The van der Waals surface area contributed by atoms with Gasteiger partial charge in [0.05, 0.1) is 0 Å². The van der Waals surface area contributed by atoms with Crippen LogP contribution in [0.1, 0.15) is 39.3 Å². The molecule has 2 amide bonds. The molecule has 0 aliphatic carbocycles. The lowest BCUT2D eigenvalue weighted by molar-refractivity contribution is -0.0494. The molecule has 1 fully saturated rings. The zero-order chi connectivity index (χ0) is 21.0. The average molecular weight is 427 g/mol. The normalized spacial score (nSPS) is 18.2. The Morgan fingerprint density at radius 2 is 1.97 bits per heavy atom. The van der Waals surface area contributed by atoms with Gasteiger partial charge in [0.1, 0.15) is 5.69 Å². The molecule has 0 unspecified atom stereocenters. The van der Waals surface area contributed by atoms with Crippen molar-refractivity contribution in [2.45, 2.75) is 25.3 Å². The van der Waals surface area contributed by atoms with E-state index in [1.807, 2.05) is 23.6 Å². The summed E-state index contributed by atoms with van der Waals surface area (Å²) in [5.74, 6) is -2.94. The van der Waals surface area contributed by atoms with Crippen molar-refractivity contribution in [1.29, 1.82) is 0 Å². The fourth-order valence-corrected chi connectivity index (χ4v) is 5.09. The van der Waals surface area contributed by atoms with Crippen LogP contribution in [0.2, 0.25) is 0 Å². The van der Waals surface area contributed by atoms with Crippen LogP contribution >= 0.6 is 11.3 Å². The highest BCUT2D eigenvalue weighted by Crippen LogP contribution is 2.36. The summed E-state index contributed by atoms with van der Waals surface area (Å²) in [6.45, 7) is 0.700. The van der Waals surface area contributed by atoms with Crippen molar-refractivity contribution < 1.29 is 18.4 Å². The van der Waals surface area contributed by atoms with E-state index in [4.69, 9.17) is 0 Å². The van der Waals surface area contributed by atoms with E-state index in [1.54, 1.807) is 24.2 Å². The van der Waals surface area contributed by atoms with E-state index in [2.05, 4.69) is 4.98 Å². The van der Waals surface area contributed by atoms with Gasteiger partial charge in [-0.05, 0) is 23.6 Å². The van der Waals surface area contributed by atoms with E-state index in [9.17, 15) is 18.4 Å². The lowest BCUT2D eigenvalue weighted by atomic mass is 10.0. The second-order valence-corrected chi connectivity index (χ2v) is 8.81. The number of pyridine rings is 1. The minimum absolute atomic E-state index is 0.0645. The number of likely N-dealkylation sites (tertiary alicyclic amines) is 1. The number of hydrogen-bond donors (Lipinski definition) is 0. The molecule has 0 radical (unpaired) electrons. The van der Waals surface area contributed by atoms with Crippen LogP contribution < -0.4 is 0 Å². The highest BCUT2D eigenvalue weighted by atomic mass is 32.1. The first-order valence-electron chi connectivity index (χ1n) is 9.75. The van der Waals surface area contributed by atoms with E-state index in [-0.39, 0.29) is 37.7 Å². The van der Waals surface area contributed by atoms with Crippen molar-refractivity contribution in [3.05, 3.63) is 52.7 Å². The van der Waals surface area contributed by atoms with Gasteiger partial charge in [-0.1, -0.05) is 6.07 Å². The largest absolute Gasteiger partial charge is 0.338 e. The SMILES string of the molecule is CN1Cc2cc(-c3csc4cc(C(=O)N5CCC(F)(F)CC5)ccc34)cnc2C1=O. The Bertz CT molecular complexity index is 1180. The quantitative estimate of drug-likeness (QED) is 0.608. The molecule has 1 saturated heterocycles. The minimum atomic E-state index is -2.67. The standard InChI is InChI=1S/C22H19F2N3O2S/c1-26-11-15-8-14(10-25-19(15)21(26)29)17-12-30-18-9-13(2-3-16(17)18)20(28)27-6-4-22(23,24)5-7-27/h2-3,8-10,12H,4-7,11H2,1H3. The fourth-order valence-electron chi connectivity index (χ4n) is 4.08. The van der Waals surface area contributed by atoms with Crippen molar-refractivity contribution in [3.8, 4) is 11.1 Å². The molecule has 5 rings (SSSR count). The van der Waals surface area contributed by atoms with Gasteiger partial charge in [-0.15, -0.1) is 11.3 Å². The molecule has 2 aliphatic heterocycles. The van der Waals surface area contributed by atoms with Crippen LogP contribution in [0, 0.1) is 0 Å². The Morgan fingerprint density at radius 3 is 2.73 bits per heavy atom. The van der Waals surface area contributed by atoms with E-state index in [0.717, 1.165) is 26.8 Å². The van der Waals surface area contributed by atoms with Crippen molar-refractivity contribution in [2.24, 2.45) is 0 Å². The molecular weight excluding hydrogens is 408 g/mol. The van der Waals surface area contributed by atoms with Crippen molar-refractivity contribution in [2.75, 3.05) is 20.1 Å². The maximum Gasteiger partial charge on any atom is 0.272 e. The van der Waals surface area contributed by atoms with E-state index in [0.29, 0.717) is 17.8 Å². The van der Waals surface area contributed by atoms with Crippen LogP contribution in [0.3, 0.4) is 0 Å². The summed E-state index contributed by atoms with van der Waals surface area (Å²) in [7, 11) is 1.76. The fraction of sp³-hybridized carbons (Fsp3) is 0.318. The maximum atomic E-state index is 13.4. The number of piperidine rings is 1. The van der Waals surface area contributed by atoms with Crippen LogP contribution in [-0.2, 0) is 6.54 Å². The molecule has 5 nitrogen and oxygen atoms in total. The number of thiophene rings is 1. The van der Waals surface area contributed by atoms with Crippen LogP contribution in [0.15, 0.2) is 35.8 Å². The number of hydrogen-bond acceptors (Lipinski definition) is 4. The molecule has 0 N–H and O–H groups in total. The van der Waals surface area contributed by atoms with Gasteiger partial charge in [0.25, 0.3) is 17.7 Å². The number of benzene rings is 1. The first-order valence-corrected chi connectivity index (χ1v) is 10.6. The van der Waals surface area contributed by atoms with E-state index < -0.39 is 5.92 Å². The molecule has 8 heteroatoms. The average Bonchev–Trinajstić information content (AvgIpc) is 3.27. The van der Waals surface area contributed by atoms with Gasteiger partial charge in [0, 0.05) is 78.1 Å². The molecular formula is C22H19F2N3O2S. The maximum absolute atomic E-state index is 13.4. The molecule has 30 heavy (non-hydrogen) atoms. The predicted molar refractivity (Wildman–Crippen MR) is 111 cm³/mol. The van der Waals surface area contributed by atoms with Gasteiger partial charge < -0.3 is 9.80 Å². The smallest absolute Gasteiger partial charge is 0.272 e. The number of halogens is 2. The van der Waals surface area contributed by atoms with Crippen LogP contribution in [0.25, 0.3) is 21.2 Å². The van der Waals surface area contributed by atoms with Crippen molar-refractivity contribution in [3.63, 3.8) is 0 Å². The number of rotatable bonds is 2. The van der Waals surface area contributed by atoms with Gasteiger partial charge in [0.15, 0.2) is 0 Å². The summed E-state index contributed by atoms with van der Waals surface area (Å²) in [5.41, 5.74) is 3.86. The summed E-state index contributed by atoms with van der Waals surface area (Å²) in [6, 6.07) is 7.48. The molecule has 1 aromatic carbocycles. The number of alkyl halides is 2. The summed E-state index contributed by atoms with van der Waals surface area (Å²) in [6.07, 6.45) is 1.14. The predicted octanol–water partition coefficient (Wildman–Crippen LogP) is 4.42. The third-order valence-corrected chi connectivity index (χ3v) is 6.78. The molecule has 2 aliphatic rings. The van der Waals surface area contributed by atoms with Crippen molar-refractivity contribution in [1.82, 2.24) is 14.8 Å². The van der Waals surface area contributed by atoms with Crippen molar-refractivity contribution >= 4 is 33.2 Å². The zero-order valence-electron chi connectivity index (χ0n) is 16.3. The van der Waals surface area contributed by atoms with E-state index >= 15 is 0 Å². The Morgan fingerprint density at radius 1 is 1.20 bits per heavy atom. The zero-order valence-corrected chi connectivity index (χ0v) is 17.1. The molecule has 2 aromatic heterocycles. The number of fused-ring (bicyclic) bond motifs is 2. The third-order valence-electron chi connectivity index (χ3n) is 5.84. The molecule has 0 atom stereocenters. The van der Waals surface area contributed by atoms with Crippen LogP contribution in [-0.4, -0.2) is 52.7 Å². The Balaban J connectivity index is 1.43. The monoisotopic (exact) mass is 427 g/mol. The highest BCUT2D eigenvalue weighted by Gasteiger charge is 2.35. The number of aromatic nitrogens is 1. The Labute approximate surface area is 175 Å². The van der Waals surface area contributed by atoms with Crippen LogP contribution in [0.4, 0.5) is 8.78 Å². The first kappa shape index (κ1) is 19.1. The highest BCUT2D eigenvalue weighted by molar-refractivity contribution is 7.17. The van der Waals surface area contributed by atoms with Gasteiger partial charge >= 0.3 is 0 Å². The molecule has 0 saturated carbocycles. The van der Waals surface area contributed by atoms with Crippen LogP contribution in [0.5, 0.6) is 0 Å². The summed E-state index contributed by atoms with van der Waals surface area (Å²) < 4.78 is 27.7. The number of nitrogens with zero attached hydrogens (tertiary/aromatic N) is 3. The molecule has 4 heterocycles. The lowest BCUT2D eigenvalue weighted by Crippen LogP contribution is -2.42. The first-order chi connectivity index (χ1) is 14.3. The summed E-state index contributed by atoms with van der Waals surface area (Å²) in [4.78, 5) is 32.3. The second kappa shape index (κ2) is 6.84. The molecule has 0 bridgehead atoms. The lowest BCUT2D eigenvalue weighted by Gasteiger charge is -2.31. The second-order valence-electron chi connectivity index (χ2n) is 7.90. The van der Waals surface area contributed by atoms with Gasteiger partial charge in [0.2, 0.25) is 0 Å². The number of carbonyl (C=O) groups excluding carboxylic acids is 2. The third kappa shape index (κ3) is 3.15.